The van der Waals surface area contributed by atoms with Crippen molar-refractivity contribution in [3.63, 3.8) is 0 Å². The standard InChI is InChI=1S/C22H28N2O5S/c1-4-28-19-9-11-21(12-10-19)30(26,27)23-17-8-6-7-16(13-17)22(25)24(3)18-14-20(15-18)29-5-2/h6-13,18,20,23H,4-5,14-15H2,1-3H3. The fourth-order valence-corrected chi connectivity index (χ4v) is 4.46. The molecule has 8 heteroatoms. The number of rotatable bonds is 9. The van der Waals surface area contributed by atoms with E-state index in [-0.39, 0.29) is 22.9 Å². The van der Waals surface area contributed by atoms with Crippen LogP contribution in [0.1, 0.15) is 37.0 Å². The van der Waals surface area contributed by atoms with Gasteiger partial charge in [-0.3, -0.25) is 9.52 Å². The number of nitrogens with one attached hydrogen (secondary N) is 1. The summed E-state index contributed by atoms with van der Waals surface area (Å²) in [5, 5.41) is 0. The molecule has 0 saturated heterocycles. The zero-order valence-electron chi connectivity index (χ0n) is 17.5. The molecule has 2 aromatic carbocycles. The molecular weight excluding hydrogens is 404 g/mol. The summed E-state index contributed by atoms with van der Waals surface area (Å²) < 4.78 is 38.8. The van der Waals surface area contributed by atoms with E-state index >= 15 is 0 Å². The summed E-state index contributed by atoms with van der Waals surface area (Å²) in [5.41, 5.74) is 0.771. The Morgan fingerprint density at radius 1 is 1.10 bits per heavy atom. The normalized spacial score (nSPS) is 18.4. The molecule has 1 saturated carbocycles. The van der Waals surface area contributed by atoms with Gasteiger partial charge in [0.1, 0.15) is 5.75 Å². The van der Waals surface area contributed by atoms with Gasteiger partial charge >= 0.3 is 0 Å². The van der Waals surface area contributed by atoms with E-state index < -0.39 is 10.0 Å². The van der Waals surface area contributed by atoms with Crippen LogP contribution in [0.3, 0.4) is 0 Å². The van der Waals surface area contributed by atoms with Crippen LogP contribution in [0.15, 0.2) is 53.4 Å². The molecule has 0 spiro atoms. The summed E-state index contributed by atoms with van der Waals surface area (Å²) in [7, 11) is -2.01. The second-order valence-corrected chi connectivity index (χ2v) is 8.89. The fraction of sp³-hybridized carbons (Fsp3) is 0.409. The SMILES string of the molecule is CCOc1ccc(S(=O)(=O)Nc2cccc(C(=O)N(C)C3CC(OCC)C3)c2)cc1. The first-order chi connectivity index (χ1) is 14.3. The number of hydrogen-bond donors (Lipinski definition) is 1. The summed E-state index contributed by atoms with van der Waals surface area (Å²) in [6, 6.07) is 12.9. The van der Waals surface area contributed by atoms with Gasteiger partial charge in [0.25, 0.3) is 15.9 Å². The first-order valence-electron chi connectivity index (χ1n) is 10.1. The second kappa shape index (κ2) is 9.49. The maximum Gasteiger partial charge on any atom is 0.261 e. The highest BCUT2D eigenvalue weighted by molar-refractivity contribution is 7.92. The average Bonchev–Trinajstić information content (AvgIpc) is 2.70. The third kappa shape index (κ3) is 5.12. The van der Waals surface area contributed by atoms with E-state index in [0.717, 1.165) is 12.8 Å². The van der Waals surface area contributed by atoms with E-state index in [2.05, 4.69) is 4.72 Å². The Kier molecular flexibility index (Phi) is 6.99. The molecule has 0 atom stereocenters. The molecule has 0 heterocycles. The van der Waals surface area contributed by atoms with Crippen molar-refractivity contribution in [3.8, 4) is 5.75 Å². The van der Waals surface area contributed by atoms with Gasteiger partial charge < -0.3 is 14.4 Å². The molecular formula is C22H28N2O5S. The van der Waals surface area contributed by atoms with Crippen molar-refractivity contribution < 1.29 is 22.7 Å². The highest BCUT2D eigenvalue weighted by Gasteiger charge is 2.34. The number of ether oxygens (including phenoxy) is 2. The van der Waals surface area contributed by atoms with Crippen molar-refractivity contribution in [3.05, 3.63) is 54.1 Å². The topological polar surface area (TPSA) is 84.9 Å². The zero-order valence-corrected chi connectivity index (χ0v) is 18.3. The number of nitrogens with zero attached hydrogens (tertiary/aromatic N) is 1. The van der Waals surface area contributed by atoms with Crippen LogP contribution in [-0.2, 0) is 14.8 Å². The molecule has 2 aromatic rings. The van der Waals surface area contributed by atoms with Gasteiger partial charge in [0.05, 0.1) is 17.6 Å². The molecule has 30 heavy (non-hydrogen) atoms. The summed E-state index contributed by atoms with van der Waals surface area (Å²) in [4.78, 5) is 14.6. The molecule has 1 aliphatic carbocycles. The average molecular weight is 433 g/mol. The lowest BCUT2D eigenvalue weighted by Gasteiger charge is -2.40. The van der Waals surface area contributed by atoms with Crippen LogP contribution >= 0.6 is 0 Å². The highest BCUT2D eigenvalue weighted by atomic mass is 32.2. The van der Waals surface area contributed by atoms with Crippen LogP contribution in [0.2, 0.25) is 0 Å². The van der Waals surface area contributed by atoms with E-state index in [1.165, 1.54) is 12.1 Å². The number of carbonyl (C=O) groups excluding carboxylic acids is 1. The smallest absolute Gasteiger partial charge is 0.261 e. The number of anilines is 1. The highest BCUT2D eigenvalue weighted by Crippen LogP contribution is 2.29. The number of hydrogen-bond acceptors (Lipinski definition) is 5. The summed E-state index contributed by atoms with van der Waals surface area (Å²) in [6.07, 6.45) is 1.85. The van der Waals surface area contributed by atoms with Crippen molar-refractivity contribution >= 4 is 21.6 Å². The molecule has 1 fully saturated rings. The van der Waals surface area contributed by atoms with Crippen LogP contribution in [0.5, 0.6) is 5.75 Å². The van der Waals surface area contributed by atoms with E-state index in [1.54, 1.807) is 48.3 Å². The lowest BCUT2D eigenvalue weighted by atomic mass is 9.87. The Morgan fingerprint density at radius 3 is 2.43 bits per heavy atom. The van der Waals surface area contributed by atoms with Gasteiger partial charge in [-0.25, -0.2) is 8.42 Å². The number of carbonyl (C=O) groups is 1. The van der Waals surface area contributed by atoms with Crippen LogP contribution in [-0.4, -0.2) is 51.6 Å². The monoisotopic (exact) mass is 432 g/mol. The summed E-state index contributed by atoms with van der Waals surface area (Å²) >= 11 is 0. The zero-order chi connectivity index (χ0) is 21.7. The van der Waals surface area contributed by atoms with Gasteiger partial charge in [-0.15, -0.1) is 0 Å². The van der Waals surface area contributed by atoms with Gasteiger partial charge in [-0.05, 0) is 69.2 Å². The van der Waals surface area contributed by atoms with Crippen LogP contribution in [0, 0.1) is 0 Å². The molecule has 162 valence electrons. The minimum atomic E-state index is -3.78. The molecule has 1 amide bonds. The van der Waals surface area contributed by atoms with E-state index in [4.69, 9.17) is 9.47 Å². The lowest BCUT2D eigenvalue weighted by Crippen LogP contribution is -2.48. The third-order valence-corrected chi connectivity index (χ3v) is 6.54. The lowest BCUT2D eigenvalue weighted by molar-refractivity contribution is -0.0344. The van der Waals surface area contributed by atoms with Crippen molar-refractivity contribution in [1.29, 1.82) is 0 Å². The Labute approximate surface area is 178 Å². The molecule has 1 aliphatic rings. The molecule has 0 bridgehead atoms. The third-order valence-electron chi connectivity index (χ3n) is 5.15. The summed E-state index contributed by atoms with van der Waals surface area (Å²) in [6.45, 7) is 5.00. The maximum atomic E-state index is 12.8. The van der Waals surface area contributed by atoms with Crippen molar-refractivity contribution in [2.45, 2.75) is 43.7 Å². The quantitative estimate of drug-likeness (QED) is 0.655. The van der Waals surface area contributed by atoms with Gasteiger partial charge in [0, 0.05) is 30.9 Å². The van der Waals surface area contributed by atoms with Crippen molar-refractivity contribution in [1.82, 2.24) is 4.90 Å². The summed E-state index contributed by atoms with van der Waals surface area (Å²) in [5.74, 6) is 0.465. The van der Waals surface area contributed by atoms with Crippen molar-refractivity contribution in [2.75, 3.05) is 25.0 Å². The minimum Gasteiger partial charge on any atom is -0.494 e. The van der Waals surface area contributed by atoms with E-state index in [0.29, 0.717) is 30.2 Å². The Balaban J connectivity index is 1.68. The number of benzene rings is 2. The molecule has 0 unspecified atom stereocenters. The van der Waals surface area contributed by atoms with Crippen LogP contribution < -0.4 is 9.46 Å². The largest absolute Gasteiger partial charge is 0.494 e. The van der Waals surface area contributed by atoms with E-state index in [9.17, 15) is 13.2 Å². The predicted molar refractivity (Wildman–Crippen MR) is 115 cm³/mol. The van der Waals surface area contributed by atoms with Gasteiger partial charge in [0.15, 0.2) is 0 Å². The van der Waals surface area contributed by atoms with Crippen LogP contribution in [0.25, 0.3) is 0 Å². The molecule has 3 rings (SSSR count). The van der Waals surface area contributed by atoms with Gasteiger partial charge in [0.2, 0.25) is 0 Å². The van der Waals surface area contributed by atoms with E-state index in [1.807, 2.05) is 13.8 Å². The molecule has 0 radical (unpaired) electrons. The second-order valence-electron chi connectivity index (χ2n) is 7.21. The molecule has 0 aromatic heterocycles. The minimum absolute atomic E-state index is 0.122. The number of amides is 1. The Hall–Kier alpha value is -2.58. The first-order valence-corrected chi connectivity index (χ1v) is 11.6. The predicted octanol–water partition coefficient (Wildman–Crippen LogP) is 3.53. The maximum absolute atomic E-state index is 12.8. The fourth-order valence-electron chi connectivity index (χ4n) is 3.41. The van der Waals surface area contributed by atoms with Crippen LogP contribution in [0.4, 0.5) is 5.69 Å². The first kappa shape index (κ1) is 22.1. The molecule has 1 N–H and O–H groups in total. The molecule has 0 aliphatic heterocycles. The van der Waals surface area contributed by atoms with Gasteiger partial charge in [-0.1, -0.05) is 6.07 Å². The van der Waals surface area contributed by atoms with Crippen molar-refractivity contribution in [2.24, 2.45) is 0 Å². The molecule has 7 nitrogen and oxygen atoms in total. The Bertz CT molecular complexity index is 969. The van der Waals surface area contributed by atoms with Gasteiger partial charge in [-0.2, -0.15) is 0 Å². The number of sulfonamides is 1. The Morgan fingerprint density at radius 2 is 1.80 bits per heavy atom.